The first kappa shape index (κ1) is 14.0. The van der Waals surface area contributed by atoms with Crippen molar-refractivity contribution in [3.63, 3.8) is 0 Å². The van der Waals surface area contributed by atoms with E-state index < -0.39 is 12.0 Å². The zero-order chi connectivity index (χ0) is 14.8. The van der Waals surface area contributed by atoms with Gasteiger partial charge in [0.15, 0.2) is 0 Å². The Bertz CT molecular complexity index is 668. The molecule has 2 unspecified atom stereocenters. The minimum absolute atomic E-state index is 0.0150. The van der Waals surface area contributed by atoms with Crippen LogP contribution in [0.25, 0.3) is 10.8 Å². The molecule has 21 heavy (non-hydrogen) atoms. The van der Waals surface area contributed by atoms with E-state index in [4.69, 9.17) is 4.74 Å². The Morgan fingerprint density at radius 1 is 1.33 bits per heavy atom. The van der Waals surface area contributed by atoms with Gasteiger partial charge in [0.2, 0.25) is 0 Å². The zero-order valence-corrected chi connectivity index (χ0v) is 12.0. The summed E-state index contributed by atoms with van der Waals surface area (Å²) in [6, 6.07) is 11.7. The molecule has 1 fully saturated rings. The molecule has 110 valence electrons. The van der Waals surface area contributed by atoms with Crippen LogP contribution in [0.5, 0.6) is 0 Å². The topological polar surface area (TPSA) is 58.6 Å². The van der Waals surface area contributed by atoms with Crippen LogP contribution >= 0.6 is 0 Å². The number of fused-ring (bicyclic) bond motifs is 1. The number of benzene rings is 2. The molecule has 1 aliphatic heterocycles. The third-order valence-electron chi connectivity index (χ3n) is 4.22. The molecule has 2 aromatic carbocycles. The second kappa shape index (κ2) is 5.84. The van der Waals surface area contributed by atoms with Crippen LogP contribution in [0.1, 0.15) is 23.5 Å². The molecule has 1 saturated heterocycles. The molecule has 1 aliphatic rings. The molecule has 0 aliphatic carbocycles. The lowest BCUT2D eigenvalue weighted by atomic mass is 9.85. The predicted molar refractivity (Wildman–Crippen MR) is 81.4 cm³/mol. The van der Waals surface area contributed by atoms with Gasteiger partial charge in [-0.05, 0) is 34.9 Å². The van der Waals surface area contributed by atoms with Crippen molar-refractivity contribution in [2.45, 2.75) is 25.0 Å². The molecule has 3 rings (SSSR count). The summed E-state index contributed by atoms with van der Waals surface area (Å²) >= 11 is 0. The maximum Gasteiger partial charge on any atom is 0.321 e. The van der Waals surface area contributed by atoms with Crippen LogP contribution in [0.4, 0.5) is 0 Å². The lowest BCUT2D eigenvalue weighted by Crippen LogP contribution is -2.34. The van der Waals surface area contributed by atoms with Crippen LogP contribution in [0.3, 0.4) is 0 Å². The fourth-order valence-electron chi connectivity index (χ4n) is 3.33. The van der Waals surface area contributed by atoms with Crippen molar-refractivity contribution in [1.82, 2.24) is 5.32 Å². The molecule has 0 radical (unpaired) electrons. The maximum absolute atomic E-state index is 11.5. The third-order valence-corrected chi connectivity index (χ3v) is 4.22. The van der Waals surface area contributed by atoms with Gasteiger partial charge in [-0.3, -0.25) is 4.79 Å². The quantitative estimate of drug-likeness (QED) is 0.906. The number of nitrogens with one attached hydrogen (secondary N) is 1. The van der Waals surface area contributed by atoms with E-state index in [1.807, 2.05) is 12.1 Å². The highest BCUT2D eigenvalue weighted by molar-refractivity contribution is 5.88. The number of aliphatic carboxylic acids is 1. The minimum Gasteiger partial charge on any atom is -0.480 e. The molecule has 4 heteroatoms. The van der Waals surface area contributed by atoms with Crippen molar-refractivity contribution in [2.24, 2.45) is 0 Å². The summed E-state index contributed by atoms with van der Waals surface area (Å²) in [6.07, 6.45) is 0.835. The molecule has 0 aromatic heterocycles. The van der Waals surface area contributed by atoms with Crippen LogP contribution in [-0.4, -0.2) is 30.8 Å². The second-order valence-corrected chi connectivity index (χ2v) is 5.46. The van der Waals surface area contributed by atoms with Gasteiger partial charge in [-0.2, -0.15) is 0 Å². The van der Waals surface area contributed by atoms with E-state index in [1.54, 1.807) is 7.11 Å². The number of ether oxygens (including phenoxy) is 1. The number of carboxylic acids is 1. The van der Waals surface area contributed by atoms with Crippen LogP contribution in [0.2, 0.25) is 0 Å². The smallest absolute Gasteiger partial charge is 0.321 e. The van der Waals surface area contributed by atoms with Crippen LogP contribution in [0.15, 0.2) is 36.4 Å². The van der Waals surface area contributed by atoms with E-state index in [1.165, 1.54) is 0 Å². The summed E-state index contributed by atoms with van der Waals surface area (Å²) in [7, 11) is 1.67. The third kappa shape index (κ3) is 2.52. The van der Waals surface area contributed by atoms with E-state index in [0.29, 0.717) is 6.61 Å². The Hall–Kier alpha value is -1.91. The Labute approximate surface area is 123 Å². The largest absolute Gasteiger partial charge is 0.480 e. The highest BCUT2D eigenvalue weighted by atomic mass is 16.5. The van der Waals surface area contributed by atoms with Gasteiger partial charge in [0.05, 0.1) is 6.61 Å². The van der Waals surface area contributed by atoms with Crippen LogP contribution in [-0.2, 0) is 16.1 Å². The summed E-state index contributed by atoms with van der Waals surface area (Å²) in [5.74, 6) is -0.799. The Morgan fingerprint density at radius 3 is 2.90 bits per heavy atom. The number of hydrogen-bond acceptors (Lipinski definition) is 3. The summed E-state index contributed by atoms with van der Waals surface area (Å²) in [5, 5.41) is 14.8. The molecule has 1 heterocycles. The average Bonchev–Trinajstić information content (AvgIpc) is 2.96. The van der Waals surface area contributed by atoms with Gasteiger partial charge in [0.25, 0.3) is 0 Å². The summed E-state index contributed by atoms with van der Waals surface area (Å²) in [5.41, 5.74) is 2.20. The average molecular weight is 285 g/mol. The van der Waals surface area contributed by atoms with Gasteiger partial charge in [0.1, 0.15) is 6.04 Å². The fraction of sp³-hybridized carbons (Fsp3) is 0.353. The highest BCUT2D eigenvalue weighted by Crippen LogP contribution is 2.36. The monoisotopic (exact) mass is 285 g/mol. The molecule has 0 spiro atoms. The summed E-state index contributed by atoms with van der Waals surface area (Å²) in [4.78, 5) is 11.5. The van der Waals surface area contributed by atoms with Gasteiger partial charge in [-0.1, -0.05) is 36.4 Å². The van der Waals surface area contributed by atoms with Crippen molar-refractivity contribution in [1.29, 1.82) is 0 Å². The number of hydrogen-bond donors (Lipinski definition) is 2. The Balaban J connectivity index is 2.18. The first-order chi connectivity index (χ1) is 10.2. The molecule has 0 amide bonds. The Kier molecular flexibility index (Phi) is 3.90. The zero-order valence-electron chi connectivity index (χ0n) is 12.0. The van der Waals surface area contributed by atoms with Gasteiger partial charge in [-0.25, -0.2) is 0 Å². The maximum atomic E-state index is 11.5. The van der Waals surface area contributed by atoms with E-state index >= 15 is 0 Å². The molecular weight excluding hydrogens is 266 g/mol. The summed E-state index contributed by atoms with van der Waals surface area (Å²) in [6.45, 7) is 1.24. The van der Waals surface area contributed by atoms with E-state index in [0.717, 1.165) is 34.9 Å². The van der Waals surface area contributed by atoms with Crippen molar-refractivity contribution in [2.75, 3.05) is 13.7 Å². The molecule has 4 nitrogen and oxygen atoms in total. The minimum atomic E-state index is -0.784. The number of methoxy groups -OCH3 is 1. The number of rotatable bonds is 4. The molecule has 2 N–H and O–H groups in total. The van der Waals surface area contributed by atoms with Gasteiger partial charge in [-0.15, -0.1) is 0 Å². The summed E-state index contributed by atoms with van der Waals surface area (Å²) < 4.78 is 5.30. The molecule has 0 bridgehead atoms. The predicted octanol–water partition coefficient (Wildman–Crippen LogP) is 2.52. The standard InChI is InChI=1S/C17H19NO3/c1-21-10-12-7-6-11-4-2-3-5-13(11)15(12)14-8-9-18-16(14)17(19)20/h2-7,14,16,18H,8-10H2,1H3,(H,19,20). The van der Waals surface area contributed by atoms with Crippen molar-refractivity contribution in [3.05, 3.63) is 47.5 Å². The van der Waals surface area contributed by atoms with Crippen LogP contribution in [0, 0.1) is 0 Å². The van der Waals surface area contributed by atoms with Gasteiger partial charge >= 0.3 is 5.97 Å². The SMILES string of the molecule is COCc1ccc2ccccc2c1C1CCNC1C(=O)O. The molecular formula is C17H19NO3. The first-order valence-electron chi connectivity index (χ1n) is 7.18. The number of carbonyl (C=O) groups is 1. The van der Waals surface area contributed by atoms with Crippen molar-refractivity contribution >= 4 is 16.7 Å². The van der Waals surface area contributed by atoms with E-state index in [9.17, 15) is 9.90 Å². The van der Waals surface area contributed by atoms with Gasteiger partial charge in [0, 0.05) is 13.0 Å². The fourth-order valence-corrected chi connectivity index (χ4v) is 3.33. The normalized spacial score (nSPS) is 21.8. The van der Waals surface area contributed by atoms with Gasteiger partial charge < -0.3 is 15.2 Å². The lowest BCUT2D eigenvalue weighted by Gasteiger charge is -2.21. The second-order valence-electron chi connectivity index (χ2n) is 5.46. The van der Waals surface area contributed by atoms with Crippen molar-refractivity contribution in [3.8, 4) is 0 Å². The van der Waals surface area contributed by atoms with Crippen LogP contribution < -0.4 is 5.32 Å². The van der Waals surface area contributed by atoms with E-state index in [2.05, 4.69) is 29.6 Å². The highest BCUT2D eigenvalue weighted by Gasteiger charge is 2.35. The van der Waals surface area contributed by atoms with E-state index in [-0.39, 0.29) is 5.92 Å². The number of carboxylic acid groups (broad SMARTS) is 1. The van der Waals surface area contributed by atoms with Crippen molar-refractivity contribution < 1.29 is 14.6 Å². The molecule has 2 aromatic rings. The first-order valence-corrected chi connectivity index (χ1v) is 7.18. The lowest BCUT2D eigenvalue weighted by molar-refractivity contribution is -0.139. The molecule has 0 saturated carbocycles. The molecule has 2 atom stereocenters. The Morgan fingerprint density at radius 2 is 2.14 bits per heavy atom.